The van der Waals surface area contributed by atoms with E-state index in [0.717, 1.165) is 41.4 Å². The molecule has 0 aromatic heterocycles. The molecule has 0 fully saturated rings. The second-order valence-electron chi connectivity index (χ2n) is 5.55. The Morgan fingerprint density at radius 1 is 1.18 bits per heavy atom. The number of aryl methyl sites for hydroxylation is 1. The Hall–Kier alpha value is -2.35. The van der Waals surface area contributed by atoms with Crippen LogP contribution >= 0.6 is 0 Å². The molecule has 0 N–H and O–H groups in total. The summed E-state index contributed by atoms with van der Waals surface area (Å²) < 4.78 is 5.97. The molecule has 114 valence electrons. The van der Waals surface area contributed by atoms with E-state index in [1.165, 1.54) is 0 Å². The lowest BCUT2D eigenvalue weighted by Crippen LogP contribution is -2.04. The molecule has 2 nitrogen and oxygen atoms in total. The van der Waals surface area contributed by atoms with Gasteiger partial charge in [-0.2, -0.15) is 0 Å². The second-order valence-corrected chi connectivity index (χ2v) is 5.55. The van der Waals surface area contributed by atoms with Crippen LogP contribution in [0.3, 0.4) is 0 Å². The first-order valence-electron chi connectivity index (χ1n) is 7.56. The molecule has 0 spiro atoms. The molecule has 2 aromatic rings. The van der Waals surface area contributed by atoms with Gasteiger partial charge in [-0.25, -0.2) is 0 Å². The fourth-order valence-corrected chi connectivity index (χ4v) is 2.44. The van der Waals surface area contributed by atoms with Crippen LogP contribution in [0.5, 0.6) is 5.75 Å². The third kappa shape index (κ3) is 4.08. The minimum Gasteiger partial charge on any atom is -0.488 e. The molecular weight excluding hydrogens is 272 g/mol. The zero-order chi connectivity index (χ0) is 15.9. The maximum absolute atomic E-state index is 11.4. The van der Waals surface area contributed by atoms with Gasteiger partial charge in [0.05, 0.1) is 5.56 Å². The Kier molecular flexibility index (Phi) is 5.54. The van der Waals surface area contributed by atoms with Crippen molar-refractivity contribution in [2.24, 2.45) is 0 Å². The van der Waals surface area contributed by atoms with Crippen molar-refractivity contribution in [1.82, 2.24) is 0 Å². The summed E-state index contributed by atoms with van der Waals surface area (Å²) in [4.78, 5) is 11.4. The van der Waals surface area contributed by atoms with Gasteiger partial charge in [-0.05, 0) is 42.5 Å². The molecule has 0 amide bonds. The lowest BCUT2D eigenvalue weighted by Gasteiger charge is -2.15. The van der Waals surface area contributed by atoms with Gasteiger partial charge in [-0.3, -0.25) is 4.79 Å². The summed E-state index contributed by atoms with van der Waals surface area (Å²) in [5.74, 6) is 0.680. The largest absolute Gasteiger partial charge is 0.488 e. The molecule has 0 atom stereocenters. The van der Waals surface area contributed by atoms with Crippen molar-refractivity contribution in [3.63, 3.8) is 0 Å². The normalized spacial score (nSPS) is 10.3. The number of carbonyl (C=O) groups excluding carboxylic acids is 1. The molecule has 0 saturated heterocycles. The van der Waals surface area contributed by atoms with Crippen LogP contribution in [0, 0.1) is 0 Å². The van der Waals surface area contributed by atoms with Crippen LogP contribution in [0.2, 0.25) is 0 Å². The SMILES string of the molecule is C=C(C)Cc1cc(CC)cc(C=O)c1OCc1ccccc1. The Labute approximate surface area is 132 Å². The molecule has 0 unspecified atom stereocenters. The second kappa shape index (κ2) is 7.60. The quantitative estimate of drug-likeness (QED) is 0.543. The van der Waals surface area contributed by atoms with E-state index in [4.69, 9.17) is 4.74 Å². The molecule has 2 aromatic carbocycles. The monoisotopic (exact) mass is 294 g/mol. The maximum atomic E-state index is 11.4. The molecule has 0 bridgehead atoms. The third-order valence-electron chi connectivity index (χ3n) is 3.51. The van der Waals surface area contributed by atoms with Gasteiger partial charge < -0.3 is 4.74 Å². The van der Waals surface area contributed by atoms with Gasteiger partial charge in [0.15, 0.2) is 6.29 Å². The zero-order valence-corrected chi connectivity index (χ0v) is 13.3. The molecule has 0 radical (unpaired) electrons. The van der Waals surface area contributed by atoms with Crippen LogP contribution in [0.1, 0.15) is 40.9 Å². The molecule has 0 aliphatic rings. The smallest absolute Gasteiger partial charge is 0.153 e. The summed E-state index contributed by atoms with van der Waals surface area (Å²) in [6, 6.07) is 14.0. The Morgan fingerprint density at radius 3 is 2.50 bits per heavy atom. The minimum absolute atomic E-state index is 0.455. The highest BCUT2D eigenvalue weighted by Gasteiger charge is 2.12. The molecule has 0 saturated carbocycles. The van der Waals surface area contributed by atoms with Crippen LogP contribution in [0.15, 0.2) is 54.6 Å². The van der Waals surface area contributed by atoms with E-state index in [0.29, 0.717) is 17.9 Å². The standard InChI is InChI=1S/C20H22O2/c1-4-16-11-18(10-15(2)3)20(19(12-16)13-21)22-14-17-8-6-5-7-9-17/h5-9,11-13H,2,4,10,14H2,1,3H3. The van der Waals surface area contributed by atoms with Crippen LogP contribution < -0.4 is 4.74 Å². The van der Waals surface area contributed by atoms with E-state index in [1.807, 2.05) is 43.3 Å². The summed E-state index contributed by atoms with van der Waals surface area (Å²) in [7, 11) is 0. The maximum Gasteiger partial charge on any atom is 0.153 e. The number of hydrogen-bond acceptors (Lipinski definition) is 2. The van der Waals surface area contributed by atoms with Gasteiger partial charge in [-0.15, -0.1) is 0 Å². The average Bonchev–Trinajstić information content (AvgIpc) is 2.53. The van der Waals surface area contributed by atoms with Gasteiger partial charge in [0, 0.05) is 0 Å². The van der Waals surface area contributed by atoms with E-state index in [-0.39, 0.29) is 0 Å². The predicted molar refractivity (Wildman–Crippen MR) is 90.5 cm³/mol. The summed E-state index contributed by atoms with van der Waals surface area (Å²) in [6.07, 6.45) is 2.49. The van der Waals surface area contributed by atoms with Crippen molar-refractivity contribution in [2.75, 3.05) is 0 Å². The van der Waals surface area contributed by atoms with Gasteiger partial charge >= 0.3 is 0 Å². The number of rotatable bonds is 7. The van der Waals surface area contributed by atoms with Crippen LogP contribution in [-0.4, -0.2) is 6.29 Å². The first-order valence-corrected chi connectivity index (χ1v) is 7.56. The first kappa shape index (κ1) is 16.0. The van der Waals surface area contributed by atoms with Crippen LogP contribution in [0.4, 0.5) is 0 Å². The number of ether oxygens (including phenoxy) is 1. The van der Waals surface area contributed by atoms with Crippen molar-refractivity contribution >= 4 is 6.29 Å². The van der Waals surface area contributed by atoms with Gasteiger partial charge in [0.1, 0.15) is 12.4 Å². The molecule has 2 heteroatoms. The number of hydrogen-bond donors (Lipinski definition) is 0. The molecule has 0 heterocycles. The van der Waals surface area contributed by atoms with Gasteiger partial charge in [-0.1, -0.05) is 55.5 Å². The van der Waals surface area contributed by atoms with Crippen molar-refractivity contribution in [3.8, 4) is 5.75 Å². The Bertz CT molecular complexity index is 657. The first-order chi connectivity index (χ1) is 10.6. The molecule has 0 aliphatic heterocycles. The number of allylic oxidation sites excluding steroid dienone is 1. The minimum atomic E-state index is 0.455. The fraction of sp³-hybridized carbons (Fsp3) is 0.250. The highest BCUT2D eigenvalue weighted by atomic mass is 16.5. The van der Waals surface area contributed by atoms with Crippen LogP contribution in [0.25, 0.3) is 0 Å². The van der Waals surface area contributed by atoms with Gasteiger partial charge in [0.25, 0.3) is 0 Å². The third-order valence-corrected chi connectivity index (χ3v) is 3.51. The number of carbonyl (C=O) groups is 1. The predicted octanol–water partition coefficient (Wildman–Crippen LogP) is 4.76. The van der Waals surface area contributed by atoms with Gasteiger partial charge in [0.2, 0.25) is 0 Å². The van der Waals surface area contributed by atoms with Crippen molar-refractivity contribution in [2.45, 2.75) is 33.3 Å². The summed E-state index contributed by atoms with van der Waals surface area (Å²) >= 11 is 0. The highest BCUT2D eigenvalue weighted by molar-refractivity contribution is 5.81. The van der Waals surface area contributed by atoms with E-state index in [1.54, 1.807) is 0 Å². The lowest BCUT2D eigenvalue weighted by atomic mass is 9.98. The Balaban J connectivity index is 2.33. The summed E-state index contributed by atoms with van der Waals surface area (Å²) in [6.45, 7) is 8.50. The van der Waals surface area contributed by atoms with Crippen molar-refractivity contribution in [1.29, 1.82) is 0 Å². The highest BCUT2D eigenvalue weighted by Crippen LogP contribution is 2.28. The lowest BCUT2D eigenvalue weighted by molar-refractivity contribution is 0.111. The van der Waals surface area contributed by atoms with E-state index in [9.17, 15) is 4.79 Å². The topological polar surface area (TPSA) is 26.3 Å². The van der Waals surface area contributed by atoms with E-state index < -0.39 is 0 Å². The molecule has 0 aliphatic carbocycles. The summed E-state index contributed by atoms with van der Waals surface area (Å²) in [5.41, 5.74) is 4.93. The average molecular weight is 294 g/mol. The number of aldehydes is 1. The van der Waals surface area contributed by atoms with Crippen molar-refractivity contribution < 1.29 is 9.53 Å². The Morgan fingerprint density at radius 2 is 1.91 bits per heavy atom. The molecule has 22 heavy (non-hydrogen) atoms. The summed E-state index contributed by atoms with van der Waals surface area (Å²) in [5, 5.41) is 0. The molecule has 2 rings (SSSR count). The van der Waals surface area contributed by atoms with E-state index >= 15 is 0 Å². The fourth-order valence-electron chi connectivity index (χ4n) is 2.44. The number of benzene rings is 2. The zero-order valence-electron chi connectivity index (χ0n) is 13.3. The van der Waals surface area contributed by atoms with E-state index in [2.05, 4.69) is 19.6 Å². The molecular formula is C20H22O2. The van der Waals surface area contributed by atoms with Crippen molar-refractivity contribution in [3.05, 3.63) is 76.9 Å². The van der Waals surface area contributed by atoms with Crippen LogP contribution in [-0.2, 0) is 19.4 Å².